The topological polar surface area (TPSA) is 46.1 Å². The molecule has 0 aliphatic carbocycles. The first-order valence-corrected chi connectivity index (χ1v) is 6.97. The number of rotatable bonds is 5. The Morgan fingerprint density at radius 3 is 2.75 bits per heavy atom. The van der Waals surface area contributed by atoms with Crippen LogP contribution in [0, 0.1) is 0 Å². The number of nitrogens with zero attached hydrogens (tertiary/aromatic N) is 3. The molecule has 0 fully saturated rings. The maximum Gasteiger partial charge on any atom is 0.256 e. The molecule has 0 aromatic carbocycles. The Labute approximate surface area is 118 Å². The first kappa shape index (κ1) is 12.8. The molecule has 102 valence electrons. The first-order chi connectivity index (χ1) is 9.84. The number of hydrogen-bond acceptors (Lipinski definition) is 3. The SMILES string of the molecule is O=C1c2cccnc2CN1CCCCc1ccccn1. The quantitative estimate of drug-likeness (QED) is 0.782. The molecule has 1 amide bonds. The van der Waals surface area contributed by atoms with Crippen LogP contribution < -0.4 is 0 Å². The van der Waals surface area contributed by atoms with Crippen LogP contribution in [0.1, 0.15) is 34.6 Å². The second-order valence-corrected chi connectivity index (χ2v) is 5.00. The molecule has 0 atom stereocenters. The Hall–Kier alpha value is -2.23. The third-order valence-corrected chi connectivity index (χ3v) is 3.59. The van der Waals surface area contributed by atoms with Crippen LogP contribution in [-0.2, 0) is 13.0 Å². The van der Waals surface area contributed by atoms with Crippen LogP contribution >= 0.6 is 0 Å². The van der Waals surface area contributed by atoms with Crippen LogP contribution in [0.3, 0.4) is 0 Å². The number of pyridine rings is 2. The molecule has 0 N–H and O–H groups in total. The average Bonchev–Trinajstić information content (AvgIpc) is 2.82. The highest BCUT2D eigenvalue weighted by Crippen LogP contribution is 2.20. The average molecular weight is 267 g/mol. The lowest BCUT2D eigenvalue weighted by Gasteiger charge is -2.14. The number of carbonyl (C=O) groups is 1. The summed E-state index contributed by atoms with van der Waals surface area (Å²) >= 11 is 0. The third kappa shape index (κ3) is 2.69. The zero-order valence-corrected chi connectivity index (χ0v) is 11.3. The van der Waals surface area contributed by atoms with Gasteiger partial charge in [-0.05, 0) is 43.5 Å². The molecule has 3 heterocycles. The highest BCUT2D eigenvalue weighted by atomic mass is 16.2. The Balaban J connectivity index is 1.48. The summed E-state index contributed by atoms with van der Waals surface area (Å²) in [7, 11) is 0. The number of carbonyl (C=O) groups excluding carboxylic acids is 1. The van der Waals surface area contributed by atoms with Crippen molar-refractivity contribution >= 4 is 5.91 Å². The van der Waals surface area contributed by atoms with Crippen LogP contribution in [0.5, 0.6) is 0 Å². The van der Waals surface area contributed by atoms with E-state index < -0.39 is 0 Å². The van der Waals surface area contributed by atoms with Gasteiger partial charge in [0.2, 0.25) is 0 Å². The van der Waals surface area contributed by atoms with E-state index in [0.717, 1.165) is 42.8 Å². The smallest absolute Gasteiger partial charge is 0.256 e. The molecule has 0 bridgehead atoms. The molecule has 20 heavy (non-hydrogen) atoms. The van der Waals surface area contributed by atoms with Crippen molar-refractivity contribution in [3.8, 4) is 0 Å². The van der Waals surface area contributed by atoms with E-state index >= 15 is 0 Å². The maximum atomic E-state index is 12.1. The molecule has 2 aromatic rings. The monoisotopic (exact) mass is 267 g/mol. The Morgan fingerprint density at radius 2 is 1.95 bits per heavy atom. The first-order valence-electron chi connectivity index (χ1n) is 6.97. The van der Waals surface area contributed by atoms with E-state index in [4.69, 9.17) is 0 Å². The van der Waals surface area contributed by atoms with Crippen molar-refractivity contribution in [2.75, 3.05) is 6.54 Å². The van der Waals surface area contributed by atoms with Gasteiger partial charge in [-0.1, -0.05) is 6.07 Å². The van der Waals surface area contributed by atoms with Gasteiger partial charge >= 0.3 is 0 Å². The predicted octanol–water partition coefficient (Wildman–Crippen LogP) is 2.46. The van der Waals surface area contributed by atoms with Gasteiger partial charge in [-0.3, -0.25) is 14.8 Å². The molecular weight excluding hydrogens is 250 g/mol. The number of hydrogen-bond donors (Lipinski definition) is 0. The lowest BCUT2D eigenvalue weighted by Crippen LogP contribution is -2.25. The maximum absolute atomic E-state index is 12.1. The summed E-state index contributed by atoms with van der Waals surface area (Å²) in [6.07, 6.45) is 6.58. The molecular formula is C16H17N3O. The van der Waals surface area contributed by atoms with Crippen LogP contribution in [0.4, 0.5) is 0 Å². The Kier molecular flexibility index (Phi) is 3.72. The van der Waals surface area contributed by atoms with Gasteiger partial charge in [-0.2, -0.15) is 0 Å². The molecule has 0 unspecified atom stereocenters. The van der Waals surface area contributed by atoms with Gasteiger partial charge < -0.3 is 4.90 Å². The zero-order valence-electron chi connectivity index (χ0n) is 11.3. The van der Waals surface area contributed by atoms with Gasteiger partial charge in [0.1, 0.15) is 0 Å². The summed E-state index contributed by atoms with van der Waals surface area (Å²) in [5.74, 6) is 0.117. The number of aromatic nitrogens is 2. The van der Waals surface area contributed by atoms with Crippen LogP contribution in [-0.4, -0.2) is 27.3 Å². The highest BCUT2D eigenvalue weighted by molar-refractivity contribution is 5.97. The van der Waals surface area contributed by atoms with Crippen molar-refractivity contribution in [3.05, 3.63) is 59.7 Å². The lowest BCUT2D eigenvalue weighted by atomic mass is 10.2. The van der Waals surface area contributed by atoms with E-state index in [1.807, 2.05) is 41.4 Å². The molecule has 4 nitrogen and oxygen atoms in total. The van der Waals surface area contributed by atoms with E-state index in [9.17, 15) is 4.79 Å². The van der Waals surface area contributed by atoms with E-state index in [0.29, 0.717) is 6.54 Å². The number of amides is 1. The minimum atomic E-state index is 0.117. The van der Waals surface area contributed by atoms with Crippen molar-refractivity contribution < 1.29 is 4.79 Å². The minimum absolute atomic E-state index is 0.117. The Morgan fingerprint density at radius 1 is 1.05 bits per heavy atom. The molecule has 3 rings (SSSR count). The molecule has 0 spiro atoms. The number of unbranched alkanes of at least 4 members (excludes halogenated alkanes) is 1. The Bertz CT molecular complexity index is 598. The van der Waals surface area contributed by atoms with Crippen LogP contribution in [0.2, 0.25) is 0 Å². The molecule has 0 saturated heterocycles. The summed E-state index contributed by atoms with van der Waals surface area (Å²) in [6, 6.07) is 9.66. The second kappa shape index (κ2) is 5.82. The van der Waals surface area contributed by atoms with E-state index in [-0.39, 0.29) is 5.91 Å². The van der Waals surface area contributed by atoms with Gasteiger partial charge in [-0.15, -0.1) is 0 Å². The summed E-state index contributed by atoms with van der Waals surface area (Å²) < 4.78 is 0. The predicted molar refractivity (Wildman–Crippen MR) is 76.2 cm³/mol. The lowest BCUT2D eigenvalue weighted by molar-refractivity contribution is 0.0775. The van der Waals surface area contributed by atoms with E-state index in [1.54, 1.807) is 6.20 Å². The standard InChI is InChI=1S/C16H17N3O/c20-16-14-8-5-10-18-15(14)12-19(16)11-4-2-7-13-6-1-3-9-17-13/h1,3,5-6,8-10H,2,4,7,11-12H2. The molecule has 0 radical (unpaired) electrons. The zero-order chi connectivity index (χ0) is 13.8. The number of fused-ring (bicyclic) bond motifs is 1. The van der Waals surface area contributed by atoms with Crippen LogP contribution in [0.25, 0.3) is 0 Å². The molecule has 0 saturated carbocycles. The fourth-order valence-electron chi connectivity index (χ4n) is 2.52. The van der Waals surface area contributed by atoms with Crippen molar-refractivity contribution in [3.63, 3.8) is 0 Å². The van der Waals surface area contributed by atoms with Gasteiger partial charge in [0, 0.05) is 24.6 Å². The van der Waals surface area contributed by atoms with Gasteiger partial charge in [0.25, 0.3) is 5.91 Å². The van der Waals surface area contributed by atoms with Crippen molar-refractivity contribution in [2.45, 2.75) is 25.8 Å². The molecule has 1 aliphatic rings. The van der Waals surface area contributed by atoms with Crippen molar-refractivity contribution in [2.24, 2.45) is 0 Å². The van der Waals surface area contributed by atoms with E-state index in [2.05, 4.69) is 9.97 Å². The largest absolute Gasteiger partial charge is 0.333 e. The summed E-state index contributed by atoms with van der Waals surface area (Å²) in [6.45, 7) is 1.45. The summed E-state index contributed by atoms with van der Waals surface area (Å²) in [5.41, 5.74) is 2.78. The van der Waals surface area contributed by atoms with Crippen molar-refractivity contribution in [1.29, 1.82) is 0 Å². The highest BCUT2D eigenvalue weighted by Gasteiger charge is 2.27. The minimum Gasteiger partial charge on any atom is -0.333 e. The van der Waals surface area contributed by atoms with Gasteiger partial charge in [0.15, 0.2) is 0 Å². The summed E-state index contributed by atoms with van der Waals surface area (Å²) in [5, 5.41) is 0. The second-order valence-electron chi connectivity index (χ2n) is 5.00. The van der Waals surface area contributed by atoms with Gasteiger partial charge in [-0.25, -0.2) is 0 Å². The third-order valence-electron chi connectivity index (χ3n) is 3.59. The fourth-order valence-corrected chi connectivity index (χ4v) is 2.52. The molecule has 4 heteroatoms. The van der Waals surface area contributed by atoms with Crippen molar-refractivity contribution in [1.82, 2.24) is 14.9 Å². The molecule has 1 aliphatic heterocycles. The van der Waals surface area contributed by atoms with Gasteiger partial charge in [0.05, 0.1) is 17.8 Å². The van der Waals surface area contributed by atoms with Crippen LogP contribution in [0.15, 0.2) is 42.7 Å². The number of aryl methyl sites for hydroxylation is 1. The normalized spacial score (nSPS) is 13.6. The summed E-state index contributed by atoms with van der Waals surface area (Å²) in [4.78, 5) is 22.6. The van der Waals surface area contributed by atoms with E-state index in [1.165, 1.54) is 0 Å². The fraction of sp³-hybridized carbons (Fsp3) is 0.312. The molecule has 2 aromatic heterocycles.